The van der Waals surface area contributed by atoms with Crippen LogP contribution in [0, 0.1) is 5.41 Å². The SMILES string of the molecule is C=CCN1CCN(C(=O)CC2(CN)CCCCC2)CC1. The van der Waals surface area contributed by atoms with Crippen molar-refractivity contribution in [3.05, 3.63) is 12.7 Å². The second-order valence-electron chi connectivity index (χ2n) is 6.41. The summed E-state index contributed by atoms with van der Waals surface area (Å²) in [5.41, 5.74) is 6.08. The van der Waals surface area contributed by atoms with Gasteiger partial charge in [0.1, 0.15) is 0 Å². The lowest BCUT2D eigenvalue weighted by atomic mass is 9.71. The van der Waals surface area contributed by atoms with Gasteiger partial charge in [0.15, 0.2) is 0 Å². The van der Waals surface area contributed by atoms with E-state index < -0.39 is 0 Å². The zero-order valence-corrected chi connectivity index (χ0v) is 12.6. The molecule has 1 aliphatic carbocycles. The number of piperazine rings is 1. The summed E-state index contributed by atoms with van der Waals surface area (Å²) in [6.07, 6.45) is 8.62. The number of hydrogen-bond donors (Lipinski definition) is 1. The fraction of sp³-hybridized carbons (Fsp3) is 0.812. The molecule has 2 aliphatic rings. The maximum atomic E-state index is 12.5. The maximum Gasteiger partial charge on any atom is 0.223 e. The standard InChI is InChI=1S/C16H29N3O/c1-2-8-18-9-11-19(12-10-18)15(20)13-16(14-17)6-4-3-5-7-16/h2H,1,3-14,17H2. The molecule has 2 rings (SSSR count). The highest BCUT2D eigenvalue weighted by molar-refractivity contribution is 5.77. The van der Waals surface area contributed by atoms with Crippen molar-refractivity contribution >= 4 is 5.91 Å². The number of carbonyl (C=O) groups excluding carboxylic acids is 1. The van der Waals surface area contributed by atoms with Crippen LogP contribution in [0.15, 0.2) is 12.7 Å². The van der Waals surface area contributed by atoms with Crippen LogP contribution in [0.1, 0.15) is 38.5 Å². The first kappa shape index (κ1) is 15.5. The van der Waals surface area contributed by atoms with E-state index in [9.17, 15) is 4.79 Å². The van der Waals surface area contributed by atoms with E-state index in [-0.39, 0.29) is 5.41 Å². The van der Waals surface area contributed by atoms with Crippen molar-refractivity contribution in [2.75, 3.05) is 39.3 Å². The molecule has 4 heteroatoms. The summed E-state index contributed by atoms with van der Waals surface area (Å²) in [5.74, 6) is 0.315. The zero-order valence-electron chi connectivity index (χ0n) is 12.6. The van der Waals surface area contributed by atoms with E-state index in [1.807, 2.05) is 11.0 Å². The summed E-state index contributed by atoms with van der Waals surface area (Å²) in [6.45, 7) is 9.00. The Labute approximate surface area is 123 Å². The van der Waals surface area contributed by atoms with Gasteiger partial charge < -0.3 is 10.6 Å². The third-order valence-corrected chi connectivity index (χ3v) is 4.99. The molecule has 0 aromatic heterocycles. The van der Waals surface area contributed by atoms with E-state index in [0.717, 1.165) is 45.6 Å². The highest BCUT2D eigenvalue weighted by atomic mass is 16.2. The van der Waals surface area contributed by atoms with Crippen LogP contribution in [-0.2, 0) is 4.79 Å². The molecule has 114 valence electrons. The molecule has 0 aromatic carbocycles. The van der Waals surface area contributed by atoms with Crippen LogP contribution in [0.25, 0.3) is 0 Å². The van der Waals surface area contributed by atoms with Gasteiger partial charge in [0.2, 0.25) is 5.91 Å². The lowest BCUT2D eigenvalue weighted by Crippen LogP contribution is -2.50. The summed E-state index contributed by atoms with van der Waals surface area (Å²) >= 11 is 0. The van der Waals surface area contributed by atoms with Crippen molar-refractivity contribution in [2.45, 2.75) is 38.5 Å². The number of nitrogens with two attached hydrogens (primary N) is 1. The highest BCUT2D eigenvalue weighted by Crippen LogP contribution is 2.38. The van der Waals surface area contributed by atoms with Crippen molar-refractivity contribution in [1.29, 1.82) is 0 Å². The second-order valence-corrected chi connectivity index (χ2v) is 6.41. The van der Waals surface area contributed by atoms with Crippen LogP contribution < -0.4 is 5.73 Å². The Bertz CT molecular complexity index is 329. The van der Waals surface area contributed by atoms with Gasteiger partial charge in [-0.2, -0.15) is 0 Å². The number of nitrogens with zero attached hydrogens (tertiary/aromatic N) is 2. The third kappa shape index (κ3) is 3.83. The molecule has 1 saturated carbocycles. The monoisotopic (exact) mass is 279 g/mol. The number of carbonyl (C=O) groups is 1. The summed E-state index contributed by atoms with van der Waals surface area (Å²) in [5, 5.41) is 0. The van der Waals surface area contributed by atoms with Crippen molar-refractivity contribution < 1.29 is 4.79 Å². The molecule has 2 fully saturated rings. The minimum Gasteiger partial charge on any atom is -0.340 e. The van der Waals surface area contributed by atoms with Gasteiger partial charge in [0.05, 0.1) is 0 Å². The van der Waals surface area contributed by atoms with Crippen LogP contribution >= 0.6 is 0 Å². The fourth-order valence-corrected chi connectivity index (χ4v) is 3.55. The molecular weight excluding hydrogens is 250 g/mol. The Hall–Kier alpha value is -0.870. The molecule has 0 radical (unpaired) electrons. The minimum atomic E-state index is 0.0909. The summed E-state index contributed by atoms with van der Waals surface area (Å²) < 4.78 is 0. The lowest BCUT2D eigenvalue weighted by Gasteiger charge is -2.39. The molecule has 0 atom stereocenters. The normalized spacial score (nSPS) is 23.6. The molecule has 0 spiro atoms. The highest BCUT2D eigenvalue weighted by Gasteiger charge is 2.34. The summed E-state index contributed by atoms with van der Waals surface area (Å²) in [7, 11) is 0. The Morgan fingerprint density at radius 2 is 1.80 bits per heavy atom. The van der Waals surface area contributed by atoms with Crippen LogP contribution in [0.4, 0.5) is 0 Å². The van der Waals surface area contributed by atoms with Gasteiger partial charge in [-0.1, -0.05) is 25.3 Å². The first-order valence-electron chi connectivity index (χ1n) is 8.00. The lowest BCUT2D eigenvalue weighted by molar-refractivity contribution is -0.135. The first-order chi connectivity index (χ1) is 9.69. The van der Waals surface area contributed by atoms with E-state index in [1.165, 1.54) is 19.3 Å². The van der Waals surface area contributed by atoms with Gasteiger partial charge in [0.25, 0.3) is 0 Å². The van der Waals surface area contributed by atoms with Crippen LogP contribution in [0.2, 0.25) is 0 Å². The molecule has 20 heavy (non-hydrogen) atoms. The van der Waals surface area contributed by atoms with Gasteiger partial charge in [-0.25, -0.2) is 0 Å². The predicted molar refractivity (Wildman–Crippen MR) is 82.4 cm³/mol. The molecule has 0 unspecified atom stereocenters. The van der Waals surface area contributed by atoms with Crippen molar-refractivity contribution in [2.24, 2.45) is 11.1 Å². The van der Waals surface area contributed by atoms with E-state index in [4.69, 9.17) is 5.73 Å². The topological polar surface area (TPSA) is 49.6 Å². The van der Waals surface area contributed by atoms with Gasteiger partial charge >= 0.3 is 0 Å². The van der Waals surface area contributed by atoms with Crippen molar-refractivity contribution in [3.63, 3.8) is 0 Å². The predicted octanol–water partition coefficient (Wildman–Crippen LogP) is 1.62. The van der Waals surface area contributed by atoms with E-state index >= 15 is 0 Å². The molecule has 1 aliphatic heterocycles. The van der Waals surface area contributed by atoms with Crippen molar-refractivity contribution in [3.8, 4) is 0 Å². The van der Waals surface area contributed by atoms with Crippen LogP contribution in [0.5, 0.6) is 0 Å². The van der Waals surface area contributed by atoms with E-state index in [0.29, 0.717) is 18.9 Å². The zero-order chi connectivity index (χ0) is 14.4. The first-order valence-corrected chi connectivity index (χ1v) is 8.00. The number of amides is 1. The van der Waals surface area contributed by atoms with Gasteiger partial charge in [-0.15, -0.1) is 6.58 Å². The number of rotatable bonds is 5. The maximum absolute atomic E-state index is 12.5. The molecule has 4 nitrogen and oxygen atoms in total. The quantitative estimate of drug-likeness (QED) is 0.778. The minimum absolute atomic E-state index is 0.0909. The molecule has 2 N–H and O–H groups in total. The van der Waals surface area contributed by atoms with Crippen LogP contribution in [-0.4, -0.2) is 55.0 Å². The second kappa shape index (κ2) is 7.23. The van der Waals surface area contributed by atoms with Gasteiger partial charge in [-0.3, -0.25) is 9.69 Å². The Balaban J connectivity index is 1.84. The van der Waals surface area contributed by atoms with Gasteiger partial charge in [0, 0.05) is 39.1 Å². The van der Waals surface area contributed by atoms with Crippen LogP contribution in [0.3, 0.4) is 0 Å². The molecule has 0 aromatic rings. The average Bonchev–Trinajstić information content (AvgIpc) is 2.49. The van der Waals surface area contributed by atoms with Gasteiger partial charge in [-0.05, 0) is 24.8 Å². The fourth-order valence-electron chi connectivity index (χ4n) is 3.55. The molecular formula is C16H29N3O. The Morgan fingerprint density at radius 3 is 2.35 bits per heavy atom. The molecule has 1 amide bonds. The summed E-state index contributed by atoms with van der Waals surface area (Å²) in [6, 6.07) is 0. The molecule has 0 bridgehead atoms. The van der Waals surface area contributed by atoms with E-state index in [2.05, 4.69) is 11.5 Å². The largest absolute Gasteiger partial charge is 0.340 e. The Morgan fingerprint density at radius 1 is 1.15 bits per heavy atom. The number of hydrogen-bond acceptors (Lipinski definition) is 3. The third-order valence-electron chi connectivity index (χ3n) is 4.99. The summed E-state index contributed by atoms with van der Waals surface area (Å²) in [4.78, 5) is 16.9. The average molecular weight is 279 g/mol. The molecule has 1 heterocycles. The van der Waals surface area contributed by atoms with Crippen molar-refractivity contribution in [1.82, 2.24) is 9.80 Å². The smallest absolute Gasteiger partial charge is 0.223 e. The van der Waals surface area contributed by atoms with E-state index in [1.54, 1.807) is 0 Å². The Kier molecular flexibility index (Phi) is 5.61. The molecule has 1 saturated heterocycles.